The molecular formula is C73H101ClF6N12O12. The molecule has 24 nitrogen and oxygen atoms in total. The van der Waals surface area contributed by atoms with Crippen LogP contribution in [0.5, 0.6) is 0 Å². The van der Waals surface area contributed by atoms with Crippen molar-refractivity contribution in [3.63, 3.8) is 0 Å². The second kappa shape index (κ2) is 34.9. The Hall–Kier alpha value is -8.05. The molecule has 1 spiro atoms. The van der Waals surface area contributed by atoms with Crippen molar-refractivity contribution in [2.75, 3.05) is 88.6 Å². The fourth-order valence-electron chi connectivity index (χ4n) is 15.5. The number of hydrogen-bond acceptors (Lipinski definition) is 12. The van der Waals surface area contributed by atoms with Gasteiger partial charge in [0.2, 0.25) is 70.9 Å². The van der Waals surface area contributed by atoms with Crippen LogP contribution in [0, 0.1) is 17.8 Å². The van der Waals surface area contributed by atoms with Gasteiger partial charge in [0.1, 0.15) is 47.8 Å². The lowest BCUT2D eigenvalue weighted by Crippen LogP contribution is -2.65. The van der Waals surface area contributed by atoms with E-state index >= 15 is 24.0 Å². The normalized spacial score (nSPS) is 26.1. The Morgan fingerprint density at radius 1 is 0.577 bits per heavy atom. The van der Waals surface area contributed by atoms with Crippen LogP contribution in [-0.2, 0) is 82.7 Å². The molecule has 3 aliphatic carbocycles. The molecule has 0 bridgehead atoms. The molecule has 12 amide bonds. The van der Waals surface area contributed by atoms with Gasteiger partial charge in [-0.2, -0.15) is 26.3 Å². The summed E-state index contributed by atoms with van der Waals surface area (Å²) in [6.45, 7) is 2.00. The first-order valence-corrected chi connectivity index (χ1v) is 36.7. The number of aryl methyl sites for hydroxylation is 1. The Labute approximate surface area is 608 Å². The number of carbonyl (C=O) groups is 12. The second-order valence-corrected chi connectivity index (χ2v) is 29.9. The summed E-state index contributed by atoms with van der Waals surface area (Å²) in [6, 6.07) is -2.67. The van der Waals surface area contributed by atoms with Crippen LogP contribution in [0.15, 0.2) is 42.5 Å². The van der Waals surface area contributed by atoms with Crippen LogP contribution in [-0.4, -0.2) is 251 Å². The van der Waals surface area contributed by atoms with Gasteiger partial charge in [0.05, 0.1) is 42.2 Å². The van der Waals surface area contributed by atoms with Crippen molar-refractivity contribution >= 4 is 82.5 Å². The summed E-state index contributed by atoms with van der Waals surface area (Å²) >= 11 is 6.13. The number of fused-ring (bicyclic) bond motifs is 1. The minimum Gasteiger partial charge on any atom is -0.343 e. The molecule has 3 saturated heterocycles. The number of likely N-dealkylation sites (N-methyl/N-ethyl adjacent to an activating group) is 7. The highest BCUT2D eigenvalue weighted by atomic mass is 35.5. The zero-order chi connectivity index (χ0) is 76.4. The number of carbonyl (C=O) groups excluding carboxylic acids is 12. The summed E-state index contributed by atoms with van der Waals surface area (Å²) in [4.78, 5) is 190. The van der Waals surface area contributed by atoms with Gasteiger partial charge in [-0.05, 0) is 130 Å². The number of likely N-dealkylation sites (tertiary alicyclic amines) is 1. The Morgan fingerprint density at radius 2 is 1.17 bits per heavy atom. The van der Waals surface area contributed by atoms with E-state index in [-0.39, 0.29) is 62.1 Å². The van der Waals surface area contributed by atoms with Crippen molar-refractivity contribution in [2.24, 2.45) is 17.8 Å². The van der Waals surface area contributed by atoms with E-state index < -0.39 is 192 Å². The maximum atomic E-state index is 15.8. The molecule has 8 rings (SSSR count). The maximum absolute atomic E-state index is 15.8. The number of nitrogens with zero attached hydrogens (tertiary/aromatic N) is 9. The largest absolute Gasteiger partial charge is 0.417 e. The zero-order valence-electron chi connectivity index (χ0n) is 61.0. The van der Waals surface area contributed by atoms with Crippen molar-refractivity contribution in [3.05, 3.63) is 69.7 Å². The molecule has 3 saturated carbocycles. The number of amides is 12. The van der Waals surface area contributed by atoms with E-state index in [1.807, 2.05) is 0 Å². The van der Waals surface area contributed by atoms with Crippen molar-refractivity contribution in [1.29, 1.82) is 0 Å². The van der Waals surface area contributed by atoms with Crippen LogP contribution < -0.4 is 16.0 Å². The lowest BCUT2D eigenvalue weighted by atomic mass is 9.78. The third kappa shape index (κ3) is 19.3. The van der Waals surface area contributed by atoms with Crippen LogP contribution in [0.1, 0.15) is 158 Å². The predicted octanol–water partition coefficient (Wildman–Crippen LogP) is 6.08. The van der Waals surface area contributed by atoms with E-state index in [2.05, 4.69) is 16.0 Å². The van der Waals surface area contributed by atoms with Crippen LogP contribution in [0.25, 0.3) is 0 Å². The van der Waals surface area contributed by atoms with Crippen molar-refractivity contribution in [2.45, 2.75) is 209 Å². The number of halogens is 7. The van der Waals surface area contributed by atoms with Gasteiger partial charge in [-0.15, -0.1) is 0 Å². The molecule has 8 atom stereocenters. The second-order valence-electron chi connectivity index (χ2n) is 29.5. The summed E-state index contributed by atoms with van der Waals surface area (Å²) in [6.07, 6.45) is -2.62. The van der Waals surface area contributed by atoms with Gasteiger partial charge in [-0.25, -0.2) is 0 Å². The molecule has 31 heteroatoms. The topological polar surface area (TPSA) is 270 Å². The van der Waals surface area contributed by atoms with E-state index in [4.69, 9.17) is 11.6 Å². The van der Waals surface area contributed by atoms with Gasteiger partial charge < -0.3 is 60.0 Å². The highest BCUT2D eigenvalue weighted by Gasteiger charge is 2.52. The molecule has 574 valence electrons. The molecule has 104 heavy (non-hydrogen) atoms. The van der Waals surface area contributed by atoms with Crippen molar-refractivity contribution < 1.29 is 83.9 Å². The van der Waals surface area contributed by atoms with Gasteiger partial charge in [0, 0.05) is 75.4 Å². The summed E-state index contributed by atoms with van der Waals surface area (Å²) in [5, 5.41) is 7.95. The van der Waals surface area contributed by atoms with Crippen molar-refractivity contribution in [1.82, 2.24) is 60.0 Å². The van der Waals surface area contributed by atoms with Crippen LogP contribution in [0.3, 0.4) is 0 Å². The number of rotatable bonds is 10. The van der Waals surface area contributed by atoms with Crippen molar-refractivity contribution in [3.8, 4) is 0 Å². The van der Waals surface area contributed by atoms with E-state index in [9.17, 15) is 59.9 Å². The number of benzene rings is 2. The SMILES string of the molecule is CC[C@H](C)[C@@H]1NC(=O)[C@H](C2CCC2)N(C)C(=O)C[C@@H](C(=O)N2CCCC2)N(C)C(=O)[C@H](C2CCCCC2)N(C)C(=O)C2(CCCC2)NC(=O)[C@@H]2CCCN2C(=O)[C@H](CCc2ccc(C(F)(F)F)c(Cl)c2)NC(=O)CN(C)C(=O)[C@H](Cc2ccc(C(F)(F)F)cc2)N(C)C(=O)CN(C)C(=O)CN(C)C1=O. The fourth-order valence-corrected chi connectivity index (χ4v) is 15.8. The first-order chi connectivity index (χ1) is 49.0. The summed E-state index contributed by atoms with van der Waals surface area (Å²) in [7, 11) is 9.34. The molecule has 0 unspecified atom stereocenters. The Balaban J connectivity index is 1.18. The van der Waals surface area contributed by atoms with Gasteiger partial charge in [0.15, 0.2) is 0 Å². The summed E-state index contributed by atoms with van der Waals surface area (Å²) < 4.78 is 83.1. The molecule has 3 heterocycles. The van der Waals surface area contributed by atoms with E-state index in [1.165, 1.54) is 68.9 Å². The Morgan fingerprint density at radius 3 is 1.76 bits per heavy atom. The van der Waals surface area contributed by atoms with Crippen LogP contribution in [0.4, 0.5) is 26.3 Å². The Kier molecular flexibility index (Phi) is 27.4. The fraction of sp³-hybridized carbons (Fsp3) is 0.671. The molecule has 0 aromatic heterocycles. The smallest absolute Gasteiger partial charge is 0.343 e. The van der Waals surface area contributed by atoms with Gasteiger partial charge in [-0.1, -0.05) is 88.6 Å². The number of hydrogen-bond donors (Lipinski definition) is 3. The van der Waals surface area contributed by atoms with E-state index in [0.717, 1.165) is 87.7 Å². The molecule has 2 aromatic carbocycles. The monoisotopic (exact) mass is 1490 g/mol. The summed E-state index contributed by atoms with van der Waals surface area (Å²) in [5.74, 6) is -10.2. The molecule has 6 fully saturated rings. The third-order valence-corrected chi connectivity index (χ3v) is 22.7. The maximum Gasteiger partial charge on any atom is 0.417 e. The van der Waals surface area contributed by atoms with Crippen LogP contribution in [0.2, 0.25) is 5.02 Å². The third-order valence-electron chi connectivity index (χ3n) is 22.3. The first-order valence-electron chi connectivity index (χ1n) is 36.3. The molecule has 3 aliphatic heterocycles. The van der Waals surface area contributed by atoms with Gasteiger partial charge in [0.25, 0.3) is 0 Å². The lowest BCUT2D eigenvalue weighted by Gasteiger charge is -2.43. The minimum atomic E-state index is -4.81. The quantitative estimate of drug-likeness (QED) is 0.229. The van der Waals surface area contributed by atoms with Gasteiger partial charge >= 0.3 is 12.4 Å². The predicted molar refractivity (Wildman–Crippen MR) is 371 cm³/mol. The number of alkyl halides is 6. The summed E-state index contributed by atoms with van der Waals surface area (Å²) in [5.41, 5.74) is -3.38. The van der Waals surface area contributed by atoms with E-state index in [1.54, 1.807) is 18.7 Å². The minimum absolute atomic E-state index is 0.0381. The highest BCUT2D eigenvalue weighted by molar-refractivity contribution is 6.31. The van der Waals surface area contributed by atoms with E-state index in [0.29, 0.717) is 70.9 Å². The van der Waals surface area contributed by atoms with Gasteiger partial charge in [-0.3, -0.25) is 57.5 Å². The lowest BCUT2D eigenvalue weighted by molar-refractivity contribution is -0.157. The average Bonchev–Trinajstić information content (AvgIpc) is 1.67. The molecule has 0 radical (unpaired) electrons. The molecule has 6 aliphatic rings. The standard InChI is InChI=1S/C73H101ClF6N12O12/c1-10-44(2)60-68(102)86(5)42-58(95)84(3)43-59(96)87(6)54(39-46-25-29-49(30-26-46)72(75,76)77)66(100)85(4)41-56(93)81-52(32-28-45-27-31-50(51(74)38-45)73(78,79)80)65(99)92-37-19-24-53(92)63(97)83-71(33-14-15-34-71)70(104)90(9)62(48-20-12-11-13-21-48)69(103)88(7)55(67(101)91-35-16-17-36-91)40-57(94)89(8)61(64(98)82-60)47-22-18-23-47/h25-27,29-31,38,44,47-48,52-55,60-62H,10-24,28,32-37,39-43H2,1-9H3,(H,81,93)(H,82,98)(H,83,97)/t44-,52-,53-,54-,55-,60-,61-,62-/m0/s1. The molecule has 3 N–H and O–H groups in total. The zero-order valence-corrected chi connectivity index (χ0v) is 61.7. The molecule has 2 aromatic rings. The van der Waals surface area contributed by atoms with Crippen LogP contribution >= 0.6 is 11.6 Å². The first kappa shape index (κ1) is 81.6. The number of nitrogens with one attached hydrogen (secondary N) is 3. The highest BCUT2D eigenvalue weighted by Crippen LogP contribution is 2.39. The average molecular weight is 1490 g/mol. The Bertz CT molecular complexity index is 3490. The molecular weight excluding hydrogens is 1390 g/mol.